The van der Waals surface area contributed by atoms with Crippen LogP contribution >= 0.6 is 0 Å². The molecule has 0 radical (unpaired) electrons. The standard InChI is InChI=1S/C21H33F3N4O/c1-5-25-19(27-18-9-10-28(13-18)15-21(22,23)24)26-12-16-7-6-8-17(11-16)14-29-20(2,3)4/h6-8,11,18H,5,9-10,12-15H2,1-4H3,(H2,25,26,27). The molecule has 164 valence electrons. The van der Waals surface area contributed by atoms with E-state index < -0.39 is 12.7 Å². The molecule has 1 fully saturated rings. The Hall–Kier alpha value is -1.80. The molecule has 0 saturated carbocycles. The van der Waals surface area contributed by atoms with Gasteiger partial charge >= 0.3 is 6.18 Å². The van der Waals surface area contributed by atoms with Crippen molar-refractivity contribution < 1.29 is 17.9 Å². The van der Waals surface area contributed by atoms with Gasteiger partial charge in [-0.3, -0.25) is 4.90 Å². The highest BCUT2D eigenvalue weighted by molar-refractivity contribution is 5.80. The maximum absolute atomic E-state index is 12.6. The Labute approximate surface area is 171 Å². The molecule has 1 heterocycles. The second-order valence-electron chi connectivity index (χ2n) is 8.40. The van der Waals surface area contributed by atoms with Crippen LogP contribution in [0.25, 0.3) is 0 Å². The first-order valence-electron chi connectivity index (χ1n) is 10.1. The minimum absolute atomic E-state index is 0.0401. The molecule has 2 rings (SSSR count). The molecule has 2 N–H and O–H groups in total. The van der Waals surface area contributed by atoms with Crippen LogP contribution < -0.4 is 10.6 Å². The summed E-state index contributed by atoms with van der Waals surface area (Å²) >= 11 is 0. The highest BCUT2D eigenvalue weighted by Crippen LogP contribution is 2.20. The average Bonchev–Trinajstić information content (AvgIpc) is 3.03. The molecule has 0 bridgehead atoms. The molecule has 0 aliphatic carbocycles. The van der Waals surface area contributed by atoms with Crippen molar-refractivity contribution in [2.45, 2.75) is 65.1 Å². The van der Waals surface area contributed by atoms with Crippen LogP contribution in [0.15, 0.2) is 29.3 Å². The number of benzene rings is 1. The van der Waals surface area contributed by atoms with Crippen molar-refractivity contribution in [3.05, 3.63) is 35.4 Å². The number of rotatable bonds is 7. The number of alkyl halides is 3. The van der Waals surface area contributed by atoms with Gasteiger partial charge in [-0.05, 0) is 45.2 Å². The Morgan fingerprint density at radius 3 is 2.62 bits per heavy atom. The second-order valence-corrected chi connectivity index (χ2v) is 8.40. The van der Waals surface area contributed by atoms with Crippen LogP contribution in [0.2, 0.25) is 0 Å². The summed E-state index contributed by atoms with van der Waals surface area (Å²) in [4.78, 5) is 6.04. The maximum Gasteiger partial charge on any atom is 0.401 e. The van der Waals surface area contributed by atoms with E-state index in [1.165, 1.54) is 4.90 Å². The predicted octanol–water partition coefficient (Wildman–Crippen LogP) is 3.69. The van der Waals surface area contributed by atoms with Crippen LogP contribution in [-0.4, -0.2) is 54.9 Å². The molecule has 0 spiro atoms. The Morgan fingerprint density at radius 1 is 1.24 bits per heavy atom. The van der Waals surface area contributed by atoms with Gasteiger partial charge < -0.3 is 15.4 Å². The molecule has 1 unspecified atom stereocenters. The van der Waals surface area contributed by atoms with Crippen LogP contribution in [0.5, 0.6) is 0 Å². The van der Waals surface area contributed by atoms with Gasteiger partial charge in [0.25, 0.3) is 0 Å². The molecule has 1 atom stereocenters. The van der Waals surface area contributed by atoms with E-state index in [0.29, 0.717) is 45.2 Å². The van der Waals surface area contributed by atoms with E-state index in [4.69, 9.17) is 4.74 Å². The number of halogens is 3. The van der Waals surface area contributed by atoms with Crippen LogP contribution in [0.4, 0.5) is 13.2 Å². The molecular formula is C21H33F3N4O. The van der Waals surface area contributed by atoms with Crippen LogP contribution in [0.3, 0.4) is 0 Å². The number of ether oxygens (including phenoxy) is 1. The Morgan fingerprint density at radius 2 is 1.97 bits per heavy atom. The zero-order valence-electron chi connectivity index (χ0n) is 17.8. The summed E-state index contributed by atoms with van der Waals surface area (Å²) in [5.74, 6) is 0.628. The predicted molar refractivity (Wildman–Crippen MR) is 110 cm³/mol. The Balaban J connectivity index is 1.92. The van der Waals surface area contributed by atoms with Gasteiger partial charge in [-0.1, -0.05) is 24.3 Å². The summed E-state index contributed by atoms with van der Waals surface area (Å²) < 4.78 is 43.5. The number of nitrogens with zero attached hydrogens (tertiary/aromatic N) is 2. The van der Waals surface area contributed by atoms with Crippen LogP contribution in [0.1, 0.15) is 45.2 Å². The van der Waals surface area contributed by atoms with E-state index in [9.17, 15) is 13.2 Å². The molecule has 1 saturated heterocycles. The number of aliphatic imine (C=N–C) groups is 1. The molecule has 0 amide bonds. The highest BCUT2D eigenvalue weighted by Gasteiger charge is 2.34. The third-order valence-electron chi connectivity index (χ3n) is 4.44. The van der Waals surface area contributed by atoms with Crippen molar-refractivity contribution >= 4 is 5.96 Å². The van der Waals surface area contributed by atoms with Crippen LogP contribution in [0, 0.1) is 0 Å². The van der Waals surface area contributed by atoms with Crippen LogP contribution in [-0.2, 0) is 17.9 Å². The highest BCUT2D eigenvalue weighted by atomic mass is 19.4. The summed E-state index contributed by atoms with van der Waals surface area (Å²) in [6.07, 6.45) is -3.49. The largest absolute Gasteiger partial charge is 0.401 e. The summed E-state index contributed by atoms with van der Waals surface area (Å²) in [5.41, 5.74) is 1.95. The average molecular weight is 415 g/mol. The monoisotopic (exact) mass is 414 g/mol. The van der Waals surface area contributed by atoms with Gasteiger partial charge in [0, 0.05) is 25.7 Å². The third kappa shape index (κ3) is 9.49. The van der Waals surface area contributed by atoms with Crippen molar-refractivity contribution in [1.29, 1.82) is 0 Å². The zero-order chi connectivity index (χ0) is 21.5. The van der Waals surface area contributed by atoms with Gasteiger partial charge in [0.15, 0.2) is 5.96 Å². The molecule has 1 aliphatic heterocycles. The fraction of sp³-hybridized carbons (Fsp3) is 0.667. The molecule has 1 aliphatic rings. The minimum atomic E-state index is -4.16. The van der Waals surface area contributed by atoms with Crippen molar-refractivity contribution in [3.63, 3.8) is 0 Å². The van der Waals surface area contributed by atoms with E-state index in [1.807, 2.05) is 45.9 Å². The van der Waals surface area contributed by atoms with E-state index in [2.05, 4.69) is 21.7 Å². The summed E-state index contributed by atoms with van der Waals surface area (Å²) in [5, 5.41) is 6.44. The fourth-order valence-electron chi connectivity index (χ4n) is 3.15. The summed E-state index contributed by atoms with van der Waals surface area (Å²) in [6.45, 7) is 9.68. The lowest BCUT2D eigenvalue weighted by Gasteiger charge is -2.20. The van der Waals surface area contributed by atoms with Crippen molar-refractivity contribution in [2.24, 2.45) is 4.99 Å². The van der Waals surface area contributed by atoms with Crippen molar-refractivity contribution in [2.75, 3.05) is 26.2 Å². The summed E-state index contributed by atoms with van der Waals surface area (Å²) in [7, 11) is 0. The first kappa shape index (κ1) is 23.5. The van der Waals surface area contributed by atoms with Crippen molar-refractivity contribution in [3.8, 4) is 0 Å². The van der Waals surface area contributed by atoms with Gasteiger partial charge in [-0.15, -0.1) is 0 Å². The van der Waals surface area contributed by atoms with Gasteiger partial charge in [-0.2, -0.15) is 13.2 Å². The van der Waals surface area contributed by atoms with Gasteiger partial charge in [0.05, 0.1) is 25.3 Å². The molecule has 8 heteroatoms. The van der Waals surface area contributed by atoms with Crippen molar-refractivity contribution in [1.82, 2.24) is 15.5 Å². The SMILES string of the molecule is CCNC(=NCc1cccc(COC(C)(C)C)c1)NC1CCN(CC(F)(F)F)C1. The lowest BCUT2D eigenvalue weighted by molar-refractivity contribution is -0.143. The van der Waals surface area contributed by atoms with E-state index >= 15 is 0 Å². The number of likely N-dealkylation sites (tertiary alicyclic amines) is 1. The molecule has 1 aromatic carbocycles. The summed E-state index contributed by atoms with van der Waals surface area (Å²) in [6, 6.07) is 8.05. The van der Waals surface area contributed by atoms with Gasteiger partial charge in [0.2, 0.25) is 0 Å². The van der Waals surface area contributed by atoms with E-state index in [0.717, 1.165) is 11.1 Å². The maximum atomic E-state index is 12.6. The number of guanidine groups is 1. The van der Waals surface area contributed by atoms with E-state index in [-0.39, 0.29) is 11.6 Å². The first-order chi connectivity index (χ1) is 13.5. The zero-order valence-corrected chi connectivity index (χ0v) is 17.8. The molecule has 5 nitrogen and oxygen atoms in total. The second kappa shape index (κ2) is 10.3. The number of nitrogens with one attached hydrogen (secondary N) is 2. The number of hydrogen-bond donors (Lipinski definition) is 2. The van der Waals surface area contributed by atoms with Gasteiger partial charge in [-0.25, -0.2) is 4.99 Å². The Kier molecular flexibility index (Phi) is 8.34. The molecule has 29 heavy (non-hydrogen) atoms. The smallest absolute Gasteiger partial charge is 0.371 e. The number of hydrogen-bond acceptors (Lipinski definition) is 3. The lowest BCUT2D eigenvalue weighted by Crippen LogP contribution is -2.45. The third-order valence-corrected chi connectivity index (χ3v) is 4.44. The minimum Gasteiger partial charge on any atom is -0.371 e. The first-order valence-corrected chi connectivity index (χ1v) is 10.1. The molecular weight excluding hydrogens is 381 g/mol. The molecule has 1 aromatic rings. The Bertz CT molecular complexity index is 671. The van der Waals surface area contributed by atoms with Gasteiger partial charge in [0.1, 0.15) is 0 Å². The normalized spacial score (nSPS) is 18.9. The van der Waals surface area contributed by atoms with E-state index in [1.54, 1.807) is 0 Å². The lowest BCUT2D eigenvalue weighted by atomic mass is 10.1. The molecule has 0 aromatic heterocycles. The fourth-order valence-corrected chi connectivity index (χ4v) is 3.15. The quantitative estimate of drug-likeness (QED) is 0.528. The topological polar surface area (TPSA) is 48.9 Å².